The Balaban J connectivity index is -0.0000000178. The van der Waals surface area contributed by atoms with E-state index in [-0.39, 0.29) is 111 Å². The Hall–Kier alpha value is 3.48. The minimum Gasteiger partial charge on any atom is -0.759 e. The van der Waals surface area contributed by atoms with Crippen molar-refractivity contribution in [1.82, 2.24) is 0 Å². The molecular weight excluding hydrogens is 458 g/mol. The van der Waals surface area contributed by atoms with Crippen molar-refractivity contribution in [1.29, 1.82) is 0 Å². The maximum atomic E-state index is 8.52. The van der Waals surface area contributed by atoms with Crippen molar-refractivity contribution in [2.75, 3.05) is 0 Å². The molecule has 0 heterocycles. The van der Waals surface area contributed by atoms with Crippen LogP contribution in [0, 0.1) is 0 Å². The summed E-state index contributed by atoms with van der Waals surface area (Å²) >= 11 is 0. The second-order valence-corrected chi connectivity index (χ2v) is 2.45. The van der Waals surface area contributed by atoms with Crippen LogP contribution in [0.15, 0.2) is 0 Å². The smallest absolute Gasteiger partial charge is 0.759 e. The molecule has 74 valence electrons. The van der Waals surface area contributed by atoms with Crippen LogP contribution in [0.1, 0.15) is 0 Å². The van der Waals surface area contributed by atoms with Gasteiger partial charge in [0.25, 0.3) is 0 Å². The van der Waals surface area contributed by atoms with Crippen molar-refractivity contribution < 1.29 is 146 Å². The van der Waals surface area contributed by atoms with E-state index in [1.54, 1.807) is 0 Å². The van der Waals surface area contributed by atoms with E-state index in [4.69, 9.17) is 35.0 Å². The molecule has 0 aliphatic rings. The fourth-order valence-corrected chi connectivity index (χ4v) is 0. The second kappa shape index (κ2) is 16.5. The first-order valence-electron chi connectivity index (χ1n) is 1.33. The number of hydrogen-bond acceptors (Lipinski definition) is 8. The fraction of sp³-hybridized carbons (Fsp3) is 0. The average molecular weight is 458 g/mol. The summed E-state index contributed by atoms with van der Waals surface area (Å²) in [6.45, 7) is 0. The van der Waals surface area contributed by atoms with Gasteiger partial charge in [-0.3, -0.25) is 16.8 Å². The minimum atomic E-state index is -5.17. The van der Waals surface area contributed by atoms with E-state index in [1.165, 1.54) is 0 Å². The molecule has 0 unspecified atom stereocenters. The zero-order chi connectivity index (χ0) is 9.00. The molecule has 0 aromatic rings. The van der Waals surface area contributed by atoms with Crippen molar-refractivity contribution in [3.8, 4) is 0 Å². The summed E-state index contributed by atoms with van der Waals surface area (Å²) < 4.78 is 68.2. The molecule has 0 aromatic carbocycles. The third kappa shape index (κ3) is 268. The fourth-order valence-electron chi connectivity index (χ4n) is 0. The third-order valence-electron chi connectivity index (χ3n) is 0. The Morgan fingerprint density at radius 3 is 0.571 bits per heavy atom. The van der Waals surface area contributed by atoms with Crippen molar-refractivity contribution in [2.24, 2.45) is 0 Å². The standard InChI is InChI=1S/Au.3Na.2H2O4S/c;;;;2*1-5(2,3)4/h;;;;2*(H2,1,2,3,4)/q4*+1;;/p-4. The molecule has 0 saturated carbocycles. The van der Waals surface area contributed by atoms with Crippen LogP contribution in [-0.2, 0) is 43.2 Å². The van der Waals surface area contributed by atoms with Crippen LogP contribution < -0.4 is 88.7 Å². The molecule has 0 saturated heterocycles. The molecule has 0 fully saturated rings. The van der Waals surface area contributed by atoms with Gasteiger partial charge in [0.1, 0.15) is 0 Å². The van der Waals surface area contributed by atoms with E-state index in [0.29, 0.717) is 0 Å². The van der Waals surface area contributed by atoms with Crippen LogP contribution in [0.4, 0.5) is 0 Å². The van der Waals surface area contributed by atoms with Gasteiger partial charge in [-0.1, -0.05) is 0 Å². The first-order valence-corrected chi connectivity index (χ1v) is 4.00. The molecule has 0 N–H and O–H groups in total. The summed E-state index contributed by atoms with van der Waals surface area (Å²) in [7, 11) is -10.3. The van der Waals surface area contributed by atoms with Crippen molar-refractivity contribution in [2.45, 2.75) is 0 Å². The SMILES string of the molecule is O=S(=O)([O-])[O-].O=S(=O)([O-])[O-].[Au+].[Na+].[Na+].[Na+]. The summed E-state index contributed by atoms with van der Waals surface area (Å²) in [5.41, 5.74) is 0. The van der Waals surface area contributed by atoms with Gasteiger partial charge in [-0.25, -0.2) is 0 Å². The predicted molar refractivity (Wildman–Crippen MR) is 20.9 cm³/mol. The molecule has 0 aliphatic carbocycles. The van der Waals surface area contributed by atoms with Gasteiger partial charge in [-0.2, -0.15) is 0 Å². The van der Waals surface area contributed by atoms with Gasteiger partial charge in [0.2, 0.25) is 0 Å². The Morgan fingerprint density at radius 1 is 0.571 bits per heavy atom. The van der Waals surface area contributed by atoms with Gasteiger partial charge >= 0.3 is 111 Å². The molecule has 14 heavy (non-hydrogen) atoms. The molecule has 0 aromatic heterocycles. The van der Waals surface area contributed by atoms with Gasteiger partial charge in [0, 0.05) is 20.8 Å². The van der Waals surface area contributed by atoms with Gasteiger partial charge in [-0.15, -0.1) is 0 Å². The molecule has 0 aliphatic heterocycles. The zero-order valence-corrected chi connectivity index (χ0v) is 17.2. The zero-order valence-electron chi connectivity index (χ0n) is 7.38. The topological polar surface area (TPSA) is 161 Å². The summed E-state index contributed by atoms with van der Waals surface area (Å²) in [5.74, 6) is 0. The monoisotopic (exact) mass is 458 g/mol. The van der Waals surface area contributed by atoms with Crippen LogP contribution in [-0.4, -0.2) is 35.0 Å². The van der Waals surface area contributed by atoms with Gasteiger partial charge in [0.05, 0.1) is 0 Å². The molecule has 0 amide bonds. The molecule has 14 heteroatoms. The largest absolute Gasteiger partial charge is 1.00 e. The van der Waals surface area contributed by atoms with Gasteiger partial charge < -0.3 is 18.2 Å². The minimum absolute atomic E-state index is 0. The van der Waals surface area contributed by atoms with E-state index in [2.05, 4.69) is 0 Å². The summed E-state index contributed by atoms with van der Waals surface area (Å²) in [6, 6.07) is 0. The van der Waals surface area contributed by atoms with Crippen molar-refractivity contribution >= 4 is 20.8 Å². The Labute approximate surface area is 164 Å². The number of rotatable bonds is 0. The molecule has 0 bridgehead atoms. The average Bonchev–Trinajstić information content (AvgIpc) is 1.12. The van der Waals surface area contributed by atoms with Crippen LogP contribution in [0.25, 0.3) is 0 Å². The normalized spacial score (nSPS) is 8.29. The third-order valence-corrected chi connectivity index (χ3v) is 0. The maximum Gasteiger partial charge on any atom is 1.00 e. The van der Waals surface area contributed by atoms with E-state index in [1.807, 2.05) is 0 Å². The van der Waals surface area contributed by atoms with Crippen LogP contribution in [0.2, 0.25) is 0 Å². The summed E-state index contributed by atoms with van der Waals surface area (Å²) in [6.07, 6.45) is 0. The summed E-state index contributed by atoms with van der Waals surface area (Å²) in [5, 5.41) is 0. The van der Waals surface area contributed by atoms with Crippen LogP contribution in [0.3, 0.4) is 0 Å². The van der Waals surface area contributed by atoms with Crippen LogP contribution in [0.5, 0.6) is 0 Å². The number of hydrogen-bond donors (Lipinski definition) is 0. The second-order valence-electron chi connectivity index (χ2n) is 0.816. The molecule has 0 radical (unpaired) electrons. The Bertz CT molecular complexity index is 219. The quantitative estimate of drug-likeness (QED) is 0.197. The van der Waals surface area contributed by atoms with Gasteiger partial charge in [-0.05, 0) is 0 Å². The van der Waals surface area contributed by atoms with E-state index in [0.717, 1.165) is 0 Å². The molecule has 0 atom stereocenters. The van der Waals surface area contributed by atoms with Crippen LogP contribution >= 0.6 is 0 Å². The molecule has 8 nitrogen and oxygen atoms in total. The van der Waals surface area contributed by atoms with E-state index in [9.17, 15) is 0 Å². The first kappa shape index (κ1) is 36.0. The predicted octanol–water partition coefficient (Wildman–Crippen LogP) is -11.7. The van der Waals surface area contributed by atoms with E-state index >= 15 is 0 Å². The Morgan fingerprint density at radius 2 is 0.571 bits per heavy atom. The van der Waals surface area contributed by atoms with Crippen molar-refractivity contribution in [3.63, 3.8) is 0 Å². The molecular formula is AuNa3O8S2. The van der Waals surface area contributed by atoms with Gasteiger partial charge in [0.15, 0.2) is 0 Å². The molecule has 0 spiro atoms. The van der Waals surface area contributed by atoms with Crippen molar-refractivity contribution in [3.05, 3.63) is 0 Å². The van der Waals surface area contributed by atoms with E-state index < -0.39 is 20.8 Å². The summed E-state index contributed by atoms with van der Waals surface area (Å²) in [4.78, 5) is 0. The maximum absolute atomic E-state index is 8.52. The Kier molecular flexibility index (Phi) is 42.4. The molecule has 0 rings (SSSR count). The first-order chi connectivity index (χ1) is 4.00.